The summed E-state index contributed by atoms with van der Waals surface area (Å²) in [5.41, 5.74) is 7.92. The van der Waals surface area contributed by atoms with Crippen LogP contribution in [0.15, 0.2) is 102 Å². The number of hydrazone groups is 1. The van der Waals surface area contributed by atoms with Crippen molar-refractivity contribution in [2.24, 2.45) is 16.9 Å². The van der Waals surface area contributed by atoms with Crippen LogP contribution < -0.4 is 10.3 Å². The summed E-state index contributed by atoms with van der Waals surface area (Å²) in [5.74, 6) is -2.39. The first-order chi connectivity index (χ1) is 20.4. The molecule has 3 amide bonds. The predicted octanol–water partition coefficient (Wildman–Crippen LogP) is 5.93. The quantitative estimate of drug-likeness (QED) is 0.176. The predicted molar refractivity (Wildman–Crippen MR) is 163 cm³/mol. The number of rotatable bonds is 6. The number of benzene rings is 4. The summed E-state index contributed by atoms with van der Waals surface area (Å²) >= 11 is 6.44. The lowest BCUT2D eigenvalue weighted by molar-refractivity contribution is -0.123. The summed E-state index contributed by atoms with van der Waals surface area (Å²) in [7, 11) is 0. The Hall–Kier alpha value is -4.55. The van der Waals surface area contributed by atoms with Crippen LogP contribution in [0.3, 0.4) is 0 Å². The molecule has 42 heavy (non-hydrogen) atoms. The molecule has 1 heterocycles. The maximum atomic E-state index is 14.4. The monoisotopic (exact) mass is 573 g/mol. The molecule has 4 aromatic rings. The molecule has 2 bridgehead atoms. The SMILES string of the molecule is Cc1ccc(N2C(=O)[C@@H]3[C@@H](C2=O)C2c4ccccc4C3(/C=N\NC(=O)CCc3ccccc3)c3ccccc32)cc1Cl. The van der Waals surface area contributed by atoms with E-state index >= 15 is 0 Å². The van der Waals surface area contributed by atoms with Crippen LogP contribution in [0.2, 0.25) is 5.02 Å². The molecule has 3 aliphatic carbocycles. The fraction of sp³-hybridized carbons (Fsp3) is 0.200. The van der Waals surface area contributed by atoms with E-state index in [1.54, 1.807) is 18.3 Å². The normalized spacial score (nSPS) is 23.6. The lowest BCUT2D eigenvalue weighted by atomic mass is 9.47. The van der Waals surface area contributed by atoms with Crippen molar-refractivity contribution in [3.63, 3.8) is 0 Å². The Balaban J connectivity index is 1.32. The molecule has 0 unspecified atom stereocenters. The summed E-state index contributed by atoms with van der Waals surface area (Å²) in [5, 5.41) is 4.98. The Morgan fingerprint density at radius 1 is 0.905 bits per heavy atom. The molecule has 6 nitrogen and oxygen atoms in total. The van der Waals surface area contributed by atoms with Gasteiger partial charge in [-0.15, -0.1) is 0 Å². The molecule has 0 spiro atoms. The second-order valence-electron chi connectivity index (χ2n) is 11.2. The van der Waals surface area contributed by atoms with Crippen molar-refractivity contribution in [2.75, 3.05) is 4.90 Å². The van der Waals surface area contributed by atoms with Gasteiger partial charge in [0.05, 0.1) is 22.9 Å². The number of aryl methyl sites for hydroxylation is 2. The number of carbonyl (C=O) groups excluding carboxylic acids is 3. The van der Waals surface area contributed by atoms with E-state index in [9.17, 15) is 14.4 Å². The fourth-order valence-electron chi connectivity index (χ4n) is 7.19. The van der Waals surface area contributed by atoms with Gasteiger partial charge in [0.15, 0.2) is 0 Å². The van der Waals surface area contributed by atoms with Crippen LogP contribution in [0, 0.1) is 18.8 Å². The number of nitrogens with one attached hydrogen (secondary N) is 1. The van der Waals surface area contributed by atoms with Gasteiger partial charge in [0.25, 0.3) is 0 Å². The minimum atomic E-state index is -1.05. The second kappa shape index (κ2) is 10.1. The molecule has 7 heteroatoms. The van der Waals surface area contributed by atoms with Crippen LogP contribution in [-0.2, 0) is 26.2 Å². The molecule has 0 aromatic heterocycles. The number of amides is 3. The molecule has 4 aliphatic rings. The van der Waals surface area contributed by atoms with Gasteiger partial charge in [-0.3, -0.25) is 14.4 Å². The Morgan fingerprint density at radius 2 is 1.55 bits per heavy atom. The molecular weight excluding hydrogens is 546 g/mol. The molecule has 1 saturated heterocycles. The number of imide groups is 1. The third kappa shape index (κ3) is 3.86. The number of hydrogen-bond donors (Lipinski definition) is 1. The molecule has 0 radical (unpaired) electrons. The van der Waals surface area contributed by atoms with Crippen molar-refractivity contribution in [3.8, 4) is 0 Å². The standard InChI is InChI=1S/C35H28ClN3O3/c1-21-15-17-23(19-28(21)36)39-33(41)31-30-24-11-5-7-13-26(24)35(32(31)34(39)42,27-14-8-6-12-25(27)30)20-37-38-29(40)18-16-22-9-3-2-4-10-22/h2-15,17,19-20,30-32H,16,18H2,1H3,(H,38,40)/b37-20-/t30?,31-,32-,35?/m0/s1. The van der Waals surface area contributed by atoms with Crippen LogP contribution >= 0.6 is 11.6 Å². The van der Waals surface area contributed by atoms with Gasteiger partial charge in [0.2, 0.25) is 17.7 Å². The molecule has 0 saturated carbocycles. The Labute approximate surface area is 249 Å². The topological polar surface area (TPSA) is 78.8 Å². The number of anilines is 1. The first-order valence-electron chi connectivity index (χ1n) is 14.1. The second-order valence-corrected chi connectivity index (χ2v) is 11.7. The minimum absolute atomic E-state index is 0.223. The fourth-order valence-corrected chi connectivity index (χ4v) is 7.36. The van der Waals surface area contributed by atoms with E-state index in [-0.39, 0.29) is 30.1 Å². The summed E-state index contributed by atoms with van der Waals surface area (Å²) < 4.78 is 0. The number of carbonyl (C=O) groups is 3. The lowest BCUT2D eigenvalue weighted by Gasteiger charge is -2.52. The zero-order chi connectivity index (χ0) is 29.0. The zero-order valence-corrected chi connectivity index (χ0v) is 23.7. The average molecular weight is 574 g/mol. The molecule has 8 rings (SSSR count). The molecular formula is C35H28ClN3O3. The van der Waals surface area contributed by atoms with E-state index in [0.717, 1.165) is 33.4 Å². The van der Waals surface area contributed by atoms with Gasteiger partial charge in [-0.05, 0) is 58.9 Å². The highest BCUT2D eigenvalue weighted by Crippen LogP contribution is 2.63. The number of hydrogen-bond acceptors (Lipinski definition) is 4. The van der Waals surface area contributed by atoms with Crippen molar-refractivity contribution >= 4 is 41.2 Å². The van der Waals surface area contributed by atoms with Gasteiger partial charge in [-0.1, -0.05) is 96.5 Å². The molecule has 1 aliphatic heterocycles. The van der Waals surface area contributed by atoms with E-state index < -0.39 is 17.3 Å². The van der Waals surface area contributed by atoms with Crippen LogP contribution in [-0.4, -0.2) is 23.9 Å². The lowest BCUT2D eigenvalue weighted by Crippen LogP contribution is -2.54. The van der Waals surface area contributed by atoms with Gasteiger partial charge in [0.1, 0.15) is 0 Å². The first kappa shape index (κ1) is 26.4. The van der Waals surface area contributed by atoms with E-state index in [2.05, 4.69) is 10.5 Å². The van der Waals surface area contributed by atoms with E-state index in [1.165, 1.54) is 4.90 Å². The van der Waals surface area contributed by atoms with Crippen molar-refractivity contribution in [3.05, 3.63) is 135 Å². The van der Waals surface area contributed by atoms with Gasteiger partial charge in [-0.25, -0.2) is 10.3 Å². The van der Waals surface area contributed by atoms with Gasteiger partial charge in [-0.2, -0.15) is 5.10 Å². The van der Waals surface area contributed by atoms with Crippen LogP contribution in [0.25, 0.3) is 0 Å². The van der Waals surface area contributed by atoms with Crippen molar-refractivity contribution < 1.29 is 14.4 Å². The summed E-state index contributed by atoms with van der Waals surface area (Å²) in [6, 6.07) is 31.0. The van der Waals surface area contributed by atoms with Crippen molar-refractivity contribution in [1.29, 1.82) is 0 Å². The highest BCUT2D eigenvalue weighted by atomic mass is 35.5. The molecule has 2 atom stereocenters. The molecule has 208 valence electrons. The van der Waals surface area contributed by atoms with E-state index in [1.807, 2.05) is 91.9 Å². The first-order valence-corrected chi connectivity index (χ1v) is 14.5. The summed E-state index contributed by atoms with van der Waals surface area (Å²) in [4.78, 5) is 42.8. The molecule has 4 aromatic carbocycles. The zero-order valence-electron chi connectivity index (χ0n) is 23.0. The van der Waals surface area contributed by atoms with Gasteiger partial charge in [0, 0.05) is 23.6 Å². The smallest absolute Gasteiger partial charge is 0.240 e. The third-order valence-electron chi connectivity index (χ3n) is 9.04. The maximum Gasteiger partial charge on any atom is 0.240 e. The van der Waals surface area contributed by atoms with E-state index in [0.29, 0.717) is 17.1 Å². The number of nitrogens with zero attached hydrogens (tertiary/aromatic N) is 2. The molecule has 1 fully saturated rings. The van der Waals surface area contributed by atoms with Crippen LogP contribution in [0.1, 0.15) is 45.7 Å². The largest absolute Gasteiger partial charge is 0.274 e. The summed E-state index contributed by atoms with van der Waals surface area (Å²) in [6.07, 6.45) is 2.55. The highest BCUT2D eigenvalue weighted by molar-refractivity contribution is 6.32. The summed E-state index contributed by atoms with van der Waals surface area (Å²) in [6.45, 7) is 1.88. The van der Waals surface area contributed by atoms with Gasteiger partial charge >= 0.3 is 0 Å². The van der Waals surface area contributed by atoms with Crippen LogP contribution in [0.4, 0.5) is 5.69 Å². The Bertz CT molecular complexity index is 1740. The van der Waals surface area contributed by atoms with E-state index in [4.69, 9.17) is 11.6 Å². The highest BCUT2D eigenvalue weighted by Gasteiger charge is 2.68. The Morgan fingerprint density at radius 3 is 2.21 bits per heavy atom. The van der Waals surface area contributed by atoms with Crippen molar-refractivity contribution in [1.82, 2.24) is 5.43 Å². The van der Waals surface area contributed by atoms with Crippen LogP contribution in [0.5, 0.6) is 0 Å². The molecule has 1 N–H and O–H groups in total. The third-order valence-corrected chi connectivity index (χ3v) is 9.45. The maximum absolute atomic E-state index is 14.4. The van der Waals surface area contributed by atoms with Gasteiger partial charge < -0.3 is 0 Å². The Kier molecular flexibility index (Phi) is 6.32. The minimum Gasteiger partial charge on any atom is -0.274 e. The number of halogens is 1. The van der Waals surface area contributed by atoms with Crippen molar-refractivity contribution in [2.45, 2.75) is 31.1 Å². The average Bonchev–Trinajstić information content (AvgIpc) is 3.28.